The standard InChI is InChI=1S/C19H18OS/c20-18(15-5-3-4-14(10-15)13-8-9-13)11-16-12-21-19-7-2-1-6-17(16)19/h1-7,10,12-13,18,20H,8-9,11H2. The van der Waals surface area contributed by atoms with Gasteiger partial charge in [-0.2, -0.15) is 0 Å². The lowest BCUT2D eigenvalue weighted by Crippen LogP contribution is -2.01. The number of thiophene rings is 1. The molecule has 106 valence electrons. The summed E-state index contributed by atoms with van der Waals surface area (Å²) in [6, 6.07) is 16.9. The van der Waals surface area contributed by atoms with Crippen LogP contribution in [0, 0.1) is 0 Å². The molecule has 1 unspecified atom stereocenters. The Balaban J connectivity index is 1.60. The monoisotopic (exact) mass is 294 g/mol. The average molecular weight is 294 g/mol. The molecule has 3 aromatic rings. The zero-order valence-corrected chi connectivity index (χ0v) is 12.6. The average Bonchev–Trinajstić information content (AvgIpc) is 3.30. The molecule has 2 heteroatoms. The normalized spacial score (nSPS) is 16.2. The predicted octanol–water partition coefficient (Wildman–Crippen LogP) is 5.05. The molecule has 1 fully saturated rings. The Morgan fingerprint density at radius 3 is 2.81 bits per heavy atom. The van der Waals surface area contributed by atoms with E-state index in [2.05, 4.69) is 47.8 Å². The van der Waals surface area contributed by atoms with Gasteiger partial charge in [-0.05, 0) is 52.3 Å². The molecule has 1 atom stereocenters. The predicted molar refractivity (Wildman–Crippen MR) is 88.9 cm³/mol. The molecule has 1 aliphatic rings. The fraction of sp³-hybridized carbons (Fsp3) is 0.263. The van der Waals surface area contributed by atoms with Gasteiger partial charge in [-0.3, -0.25) is 0 Å². The first-order chi connectivity index (χ1) is 10.3. The quantitative estimate of drug-likeness (QED) is 0.713. The van der Waals surface area contributed by atoms with E-state index in [1.807, 2.05) is 6.07 Å². The van der Waals surface area contributed by atoms with Crippen LogP contribution in [0.4, 0.5) is 0 Å². The highest BCUT2D eigenvalue weighted by molar-refractivity contribution is 7.17. The molecule has 0 amide bonds. The Labute approximate surface area is 128 Å². The Kier molecular flexibility index (Phi) is 3.28. The van der Waals surface area contributed by atoms with Gasteiger partial charge >= 0.3 is 0 Å². The minimum Gasteiger partial charge on any atom is -0.388 e. The summed E-state index contributed by atoms with van der Waals surface area (Å²) in [7, 11) is 0. The van der Waals surface area contributed by atoms with Gasteiger partial charge in [0.2, 0.25) is 0 Å². The number of aliphatic hydroxyl groups excluding tert-OH is 1. The van der Waals surface area contributed by atoms with Crippen LogP contribution in [0.15, 0.2) is 53.9 Å². The summed E-state index contributed by atoms with van der Waals surface area (Å²) in [5, 5.41) is 14.0. The van der Waals surface area contributed by atoms with Gasteiger partial charge in [0.25, 0.3) is 0 Å². The molecule has 0 bridgehead atoms. The summed E-state index contributed by atoms with van der Waals surface area (Å²) in [6.45, 7) is 0. The van der Waals surface area contributed by atoms with E-state index < -0.39 is 6.10 Å². The van der Waals surface area contributed by atoms with Crippen molar-refractivity contribution in [1.82, 2.24) is 0 Å². The number of aliphatic hydroxyl groups is 1. The van der Waals surface area contributed by atoms with Crippen LogP contribution in [-0.2, 0) is 6.42 Å². The Morgan fingerprint density at radius 1 is 1.10 bits per heavy atom. The molecule has 1 nitrogen and oxygen atoms in total. The van der Waals surface area contributed by atoms with E-state index in [4.69, 9.17) is 0 Å². The van der Waals surface area contributed by atoms with Gasteiger partial charge in [-0.1, -0.05) is 42.5 Å². The van der Waals surface area contributed by atoms with E-state index >= 15 is 0 Å². The molecule has 21 heavy (non-hydrogen) atoms. The zero-order valence-electron chi connectivity index (χ0n) is 11.8. The maximum Gasteiger partial charge on any atom is 0.0831 e. The molecule has 1 aliphatic carbocycles. The van der Waals surface area contributed by atoms with Crippen molar-refractivity contribution in [3.05, 3.63) is 70.6 Å². The maximum atomic E-state index is 10.6. The lowest BCUT2D eigenvalue weighted by atomic mass is 9.98. The molecule has 0 saturated heterocycles. The number of fused-ring (bicyclic) bond motifs is 1. The Hall–Kier alpha value is -1.64. The molecule has 0 aliphatic heterocycles. The molecular weight excluding hydrogens is 276 g/mol. The summed E-state index contributed by atoms with van der Waals surface area (Å²) in [5.74, 6) is 0.735. The first-order valence-electron chi connectivity index (χ1n) is 7.54. The number of benzene rings is 2. The van der Waals surface area contributed by atoms with E-state index in [9.17, 15) is 5.11 Å². The lowest BCUT2D eigenvalue weighted by Gasteiger charge is -2.12. The van der Waals surface area contributed by atoms with Gasteiger partial charge in [0.05, 0.1) is 6.10 Å². The fourth-order valence-electron chi connectivity index (χ4n) is 2.95. The highest BCUT2D eigenvalue weighted by Gasteiger charge is 2.24. The highest BCUT2D eigenvalue weighted by atomic mass is 32.1. The third-order valence-corrected chi connectivity index (χ3v) is 5.33. The molecule has 1 saturated carbocycles. The molecule has 0 radical (unpaired) electrons. The SMILES string of the molecule is OC(Cc1csc2ccccc12)c1cccc(C2CC2)c1. The molecule has 1 N–H and O–H groups in total. The summed E-state index contributed by atoms with van der Waals surface area (Å²) in [6.07, 6.45) is 2.88. The van der Waals surface area contributed by atoms with E-state index in [1.165, 1.54) is 34.1 Å². The van der Waals surface area contributed by atoms with Crippen LogP contribution >= 0.6 is 11.3 Å². The second kappa shape index (κ2) is 5.28. The van der Waals surface area contributed by atoms with E-state index in [0.29, 0.717) is 6.42 Å². The summed E-state index contributed by atoms with van der Waals surface area (Å²) in [4.78, 5) is 0. The van der Waals surface area contributed by atoms with E-state index in [-0.39, 0.29) is 0 Å². The van der Waals surface area contributed by atoms with Crippen LogP contribution < -0.4 is 0 Å². The van der Waals surface area contributed by atoms with Gasteiger partial charge < -0.3 is 5.11 Å². The lowest BCUT2D eigenvalue weighted by molar-refractivity contribution is 0.179. The van der Waals surface area contributed by atoms with Crippen molar-refractivity contribution in [3.63, 3.8) is 0 Å². The number of rotatable bonds is 4. The van der Waals surface area contributed by atoms with Crippen molar-refractivity contribution in [2.24, 2.45) is 0 Å². The highest BCUT2D eigenvalue weighted by Crippen LogP contribution is 2.40. The van der Waals surface area contributed by atoms with Crippen LogP contribution in [0.2, 0.25) is 0 Å². The Bertz CT molecular complexity index is 770. The topological polar surface area (TPSA) is 20.2 Å². The maximum absolute atomic E-state index is 10.6. The van der Waals surface area contributed by atoms with Crippen molar-refractivity contribution in [3.8, 4) is 0 Å². The fourth-order valence-corrected chi connectivity index (χ4v) is 3.93. The first kappa shape index (κ1) is 13.1. The van der Waals surface area contributed by atoms with Crippen LogP contribution in [0.25, 0.3) is 10.1 Å². The van der Waals surface area contributed by atoms with Gasteiger partial charge in [0.15, 0.2) is 0 Å². The van der Waals surface area contributed by atoms with E-state index in [1.54, 1.807) is 11.3 Å². The third kappa shape index (κ3) is 2.61. The van der Waals surface area contributed by atoms with Crippen molar-refractivity contribution in [2.75, 3.05) is 0 Å². The minimum atomic E-state index is -0.415. The minimum absolute atomic E-state index is 0.415. The Morgan fingerprint density at radius 2 is 1.95 bits per heavy atom. The second-order valence-electron chi connectivity index (χ2n) is 5.92. The first-order valence-corrected chi connectivity index (χ1v) is 8.42. The van der Waals surface area contributed by atoms with Crippen LogP contribution in [0.1, 0.15) is 41.6 Å². The van der Waals surface area contributed by atoms with Gasteiger partial charge in [-0.15, -0.1) is 11.3 Å². The number of hydrogen-bond donors (Lipinski definition) is 1. The second-order valence-corrected chi connectivity index (χ2v) is 6.83. The zero-order chi connectivity index (χ0) is 14.2. The van der Waals surface area contributed by atoms with Crippen molar-refractivity contribution in [1.29, 1.82) is 0 Å². The molecule has 2 aromatic carbocycles. The molecular formula is C19H18OS. The summed E-state index contributed by atoms with van der Waals surface area (Å²) < 4.78 is 1.30. The smallest absolute Gasteiger partial charge is 0.0831 e. The van der Waals surface area contributed by atoms with Crippen molar-refractivity contribution >= 4 is 21.4 Å². The summed E-state index contributed by atoms with van der Waals surface area (Å²) in [5.41, 5.74) is 3.69. The van der Waals surface area contributed by atoms with Gasteiger partial charge in [0, 0.05) is 11.1 Å². The number of hydrogen-bond acceptors (Lipinski definition) is 2. The molecule has 0 spiro atoms. The van der Waals surface area contributed by atoms with Crippen molar-refractivity contribution < 1.29 is 5.11 Å². The van der Waals surface area contributed by atoms with E-state index in [0.717, 1.165) is 11.5 Å². The summed E-state index contributed by atoms with van der Waals surface area (Å²) >= 11 is 1.76. The van der Waals surface area contributed by atoms with Crippen molar-refractivity contribution in [2.45, 2.75) is 31.3 Å². The van der Waals surface area contributed by atoms with Gasteiger partial charge in [0.1, 0.15) is 0 Å². The van der Waals surface area contributed by atoms with Crippen LogP contribution in [0.5, 0.6) is 0 Å². The largest absolute Gasteiger partial charge is 0.388 e. The molecule has 1 heterocycles. The molecule has 1 aromatic heterocycles. The third-order valence-electron chi connectivity index (χ3n) is 4.32. The van der Waals surface area contributed by atoms with Gasteiger partial charge in [-0.25, -0.2) is 0 Å². The molecule has 4 rings (SSSR count). The van der Waals surface area contributed by atoms with Crippen LogP contribution in [0.3, 0.4) is 0 Å². The van der Waals surface area contributed by atoms with Crippen LogP contribution in [-0.4, -0.2) is 5.11 Å².